The van der Waals surface area contributed by atoms with Gasteiger partial charge in [-0.05, 0) is 42.5 Å². The molecule has 0 saturated heterocycles. The van der Waals surface area contributed by atoms with E-state index in [4.69, 9.17) is 5.73 Å². The molecule has 3 aromatic rings. The first-order valence-corrected chi connectivity index (χ1v) is 11.8. The molecule has 2 unspecified atom stereocenters. The van der Waals surface area contributed by atoms with E-state index in [1.54, 1.807) is 12.1 Å². The molecule has 3 N–H and O–H groups in total. The summed E-state index contributed by atoms with van der Waals surface area (Å²) in [6.45, 7) is 0. The third kappa shape index (κ3) is 5.14. The highest BCUT2D eigenvalue weighted by Gasteiger charge is 2.39. The Labute approximate surface area is 196 Å². The number of nitrogens with zero attached hydrogens (tertiary/aromatic N) is 3. The average Bonchev–Trinajstić information content (AvgIpc) is 2.79. The summed E-state index contributed by atoms with van der Waals surface area (Å²) in [6.07, 6.45) is -2.67. The van der Waals surface area contributed by atoms with Crippen molar-refractivity contribution in [3.8, 4) is 0 Å². The predicted molar refractivity (Wildman–Crippen MR) is 119 cm³/mol. The predicted octanol–water partition coefficient (Wildman–Crippen LogP) is 3.45. The van der Waals surface area contributed by atoms with Crippen LogP contribution in [-0.4, -0.2) is 35.9 Å². The molecule has 3 heterocycles. The Kier molecular flexibility index (Phi) is 6.28. The van der Waals surface area contributed by atoms with Gasteiger partial charge in [0.1, 0.15) is 17.3 Å². The SMILES string of the molecule is NC1=NC(c2cc(NC(=O)c3ccc(C(F)(F)F)cn3)ccc2F)CS(=O)(=O)C1c1ccccn1. The maximum absolute atomic E-state index is 14.6. The average molecular weight is 507 g/mol. The van der Waals surface area contributed by atoms with Crippen molar-refractivity contribution in [1.82, 2.24) is 9.97 Å². The Hall–Kier alpha value is -3.87. The van der Waals surface area contributed by atoms with Gasteiger partial charge in [0.2, 0.25) is 0 Å². The number of nitrogens with two attached hydrogens (primary N) is 1. The zero-order chi connectivity index (χ0) is 25.4. The van der Waals surface area contributed by atoms with Gasteiger partial charge < -0.3 is 11.1 Å². The Bertz CT molecular complexity index is 1390. The van der Waals surface area contributed by atoms with E-state index in [1.165, 1.54) is 24.4 Å². The molecule has 0 fully saturated rings. The minimum absolute atomic E-state index is 0.0612. The van der Waals surface area contributed by atoms with E-state index in [0.717, 1.165) is 12.1 Å². The number of nitrogens with one attached hydrogen (secondary N) is 1. The molecule has 0 bridgehead atoms. The maximum Gasteiger partial charge on any atom is 0.417 e. The third-order valence-corrected chi connectivity index (χ3v) is 7.20. The smallest absolute Gasteiger partial charge is 0.386 e. The van der Waals surface area contributed by atoms with Crippen LogP contribution < -0.4 is 11.1 Å². The first kappa shape index (κ1) is 24.3. The normalized spacial score (nSPS) is 19.6. The fraction of sp³-hybridized carbons (Fsp3) is 0.182. The van der Waals surface area contributed by atoms with Crippen molar-refractivity contribution in [2.45, 2.75) is 17.5 Å². The monoisotopic (exact) mass is 507 g/mol. The Morgan fingerprint density at radius 2 is 1.86 bits per heavy atom. The number of amides is 1. The zero-order valence-corrected chi connectivity index (χ0v) is 18.5. The summed E-state index contributed by atoms with van der Waals surface area (Å²) in [4.78, 5) is 24.1. The Balaban J connectivity index is 1.59. The van der Waals surface area contributed by atoms with Crippen molar-refractivity contribution in [3.05, 3.63) is 89.3 Å². The van der Waals surface area contributed by atoms with Crippen LogP contribution in [0.15, 0.2) is 65.9 Å². The largest absolute Gasteiger partial charge is 0.417 e. The molecule has 1 amide bonds. The van der Waals surface area contributed by atoms with E-state index < -0.39 is 50.3 Å². The van der Waals surface area contributed by atoms with Crippen LogP contribution in [0.5, 0.6) is 0 Å². The van der Waals surface area contributed by atoms with Gasteiger partial charge in [0.05, 0.1) is 23.1 Å². The molecule has 2 aromatic heterocycles. The molecule has 0 spiro atoms. The molecule has 182 valence electrons. The molecule has 2 atom stereocenters. The summed E-state index contributed by atoms with van der Waals surface area (Å²) in [5, 5.41) is 1.13. The lowest BCUT2D eigenvalue weighted by Gasteiger charge is -2.26. The number of rotatable bonds is 4. The first-order chi connectivity index (χ1) is 16.5. The van der Waals surface area contributed by atoms with E-state index in [2.05, 4.69) is 20.3 Å². The number of pyridine rings is 2. The number of anilines is 1. The molecule has 0 saturated carbocycles. The fourth-order valence-electron chi connectivity index (χ4n) is 3.58. The van der Waals surface area contributed by atoms with Crippen molar-refractivity contribution in [1.29, 1.82) is 0 Å². The molecule has 0 radical (unpaired) electrons. The molecule has 1 aliphatic heterocycles. The minimum atomic E-state index is -4.61. The van der Waals surface area contributed by atoms with Gasteiger partial charge in [-0.2, -0.15) is 13.2 Å². The number of halogens is 4. The lowest BCUT2D eigenvalue weighted by atomic mass is 10.1. The molecule has 35 heavy (non-hydrogen) atoms. The molecule has 1 aromatic carbocycles. The number of aromatic nitrogens is 2. The van der Waals surface area contributed by atoms with Crippen LogP contribution in [0.2, 0.25) is 0 Å². The lowest BCUT2D eigenvalue weighted by Crippen LogP contribution is -2.37. The molecular weight excluding hydrogens is 490 g/mol. The van der Waals surface area contributed by atoms with E-state index in [0.29, 0.717) is 12.3 Å². The maximum atomic E-state index is 14.6. The standard InChI is InChI=1S/C22H17F4N5O3S/c23-15-6-5-13(30-21(32)17-7-4-12(10-29-17)22(24,25)26)9-14(15)18-11-35(33,34)19(20(27)31-18)16-3-1-2-8-28-16/h1-10,18-19H,11H2,(H2,27,31)(H,30,32). The first-order valence-electron chi connectivity index (χ1n) is 10.1. The molecule has 4 rings (SSSR count). The summed E-state index contributed by atoms with van der Waals surface area (Å²) >= 11 is 0. The Morgan fingerprint density at radius 3 is 2.46 bits per heavy atom. The van der Waals surface area contributed by atoms with Crippen LogP contribution in [0.25, 0.3) is 0 Å². The number of amidine groups is 1. The van der Waals surface area contributed by atoms with Gasteiger partial charge in [-0.25, -0.2) is 12.8 Å². The quantitative estimate of drug-likeness (QED) is 0.521. The summed E-state index contributed by atoms with van der Waals surface area (Å²) < 4.78 is 78.6. The number of carbonyl (C=O) groups excluding carboxylic acids is 1. The number of sulfone groups is 1. The number of hydrogen-bond donors (Lipinski definition) is 2. The van der Waals surface area contributed by atoms with Crippen LogP contribution in [0.4, 0.5) is 23.2 Å². The fourth-order valence-corrected chi connectivity index (χ4v) is 5.40. The molecule has 0 aliphatic carbocycles. The summed E-state index contributed by atoms with van der Waals surface area (Å²) in [5.74, 6) is -2.42. The van der Waals surface area contributed by atoms with Crippen molar-refractivity contribution in [3.63, 3.8) is 0 Å². The highest BCUT2D eigenvalue weighted by molar-refractivity contribution is 7.92. The number of hydrogen-bond acceptors (Lipinski definition) is 7. The van der Waals surface area contributed by atoms with Gasteiger partial charge in [0, 0.05) is 23.6 Å². The van der Waals surface area contributed by atoms with Gasteiger partial charge in [-0.15, -0.1) is 0 Å². The number of aliphatic imine (C=N–C) groups is 1. The van der Waals surface area contributed by atoms with Crippen LogP contribution in [0.3, 0.4) is 0 Å². The Morgan fingerprint density at radius 1 is 1.09 bits per heavy atom. The van der Waals surface area contributed by atoms with Crippen molar-refractivity contribution < 1.29 is 30.8 Å². The lowest BCUT2D eigenvalue weighted by molar-refractivity contribution is -0.137. The topological polar surface area (TPSA) is 127 Å². The van der Waals surface area contributed by atoms with E-state index >= 15 is 0 Å². The summed E-state index contributed by atoms with van der Waals surface area (Å²) in [6, 6.07) is 8.56. The van der Waals surface area contributed by atoms with E-state index in [9.17, 15) is 30.8 Å². The van der Waals surface area contributed by atoms with Gasteiger partial charge in [-0.3, -0.25) is 19.8 Å². The molecule has 1 aliphatic rings. The zero-order valence-electron chi connectivity index (χ0n) is 17.7. The second-order valence-corrected chi connectivity index (χ2v) is 9.78. The molecule has 13 heteroatoms. The summed E-state index contributed by atoms with van der Waals surface area (Å²) in [5.41, 5.74) is 4.76. The van der Waals surface area contributed by atoms with Gasteiger partial charge in [-0.1, -0.05) is 6.07 Å². The number of benzene rings is 1. The van der Waals surface area contributed by atoms with Crippen LogP contribution >= 0.6 is 0 Å². The van der Waals surface area contributed by atoms with E-state index in [-0.39, 0.29) is 28.5 Å². The molecule has 8 nitrogen and oxygen atoms in total. The van der Waals surface area contributed by atoms with Crippen LogP contribution in [0.1, 0.15) is 38.6 Å². The highest BCUT2D eigenvalue weighted by atomic mass is 32.2. The van der Waals surface area contributed by atoms with Crippen LogP contribution in [0, 0.1) is 5.82 Å². The van der Waals surface area contributed by atoms with E-state index in [1.807, 2.05) is 0 Å². The highest BCUT2D eigenvalue weighted by Crippen LogP contribution is 2.35. The van der Waals surface area contributed by atoms with Gasteiger partial charge in [0.15, 0.2) is 15.1 Å². The van der Waals surface area contributed by atoms with Crippen molar-refractivity contribution >= 4 is 27.3 Å². The number of carbonyl (C=O) groups is 1. The third-order valence-electron chi connectivity index (χ3n) is 5.22. The number of alkyl halides is 3. The van der Waals surface area contributed by atoms with Gasteiger partial charge in [0.25, 0.3) is 5.91 Å². The van der Waals surface area contributed by atoms with Crippen LogP contribution in [-0.2, 0) is 16.0 Å². The second-order valence-electron chi connectivity index (χ2n) is 7.65. The minimum Gasteiger partial charge on any atom is -0.386 e. The van der Waals surface area contributed by atoms with Crippen molar-refractivity contribution in [2.24, 2.45) is 10.7 Å². The summed E-state index contributed by atoms with van der Waals surface area (Å²) in [7, 11) is -3.91. The molecular formula is C22H17F4N5O3S. The van der Waals surface area contributed by atoms with Crippen molar-refractivity contribution in [2.75, 3.05) is 11.1 Å². The van der Waals surface area contributed by atoms with Gasteiger partial charge >= 0.3 is 6.18 Å². The second kappa shape index (κ2) is 9.06.